The number of hydrogen-bond donors (Lipinski definition) is 1. The lowest BCUT2D eigenvalue weighted by Gasteiger charge is -2.35. The quantitative estimate of drug-likeness (QED) is 0.713. The summed E-state index contributed by atoms with van der Waals surface area (Å²) >= 11 is 0. The Labute approximate surface area is 109 Å². The highest BCUT2D eigenvalue weighted by molar-refractivity contribution is 4.83. The van der Waals surface area contributed by atoms with Crippen LogP contribution in [-0.4, -0.2) is 12.1 Å². The molecule has 17 heavy (non-hydrogen) atoms. The van der Waals surface area contributed by atoms with Crippen molar-refractivity contribution in [1.29, 1.82) is 0 Å². The van der Waals surface area contributed by atoms with E-state index in [-0.39, 0.29) is 0 Å². The van der Waals surface area contributed by atoms with Crippen molar-refractivity contribution in [2.45, 2.75) is 85.2 Å². The Kier molecular flexibility index (Phi) is 6.54. The molecular weight excluding hydrogens is 206 g/mol. The lowest BCUT2D eigenvalue weighted by Crippen LogP contribution is -2.43. The Hall–Kier alpha value is -0.0400. The van der Waals surface area contributed by atoms with Crippen LogP contribution < -0.4 is 5.32 Å². The Morgan fingerprint density at radius 1 is 1.06 bits per heavy atom. The fourth-order valence-corrected chi connectivity index (χ4v) is 3.49. The molecule has 1 N–H and O–H groups in total. The molecule has 0 aliphatic heterocycles. The van der Waals surface area contributed by atoms with Crippen molar-refractivity contribution < 1.29 is 0 Å². The molecule has 0 aromatic rings. The number of rotatable bonds is 6. The topological polar surface area (TPSA) is 12.0 Å². The smallest absolute Gasteiger partial charge is 0.00723 e. The Bertz CT molecular complexity index is 196. The van der Waals surface area contributed by atoms with Crippen LogP contribution in [0.5, 0.6) is 0 Å². The summed E-state index contributed by atoms with van der Waals surface area (Å²) in [6, 6.07) is 1.48. The number of nitrogens with one attached hydrogen (secondary N) is 1. The van der Waals surface area contributed by atoms with Crippen molar-refractivity contribution >= 4 is 0 Å². The summed E-state index contributed by atoms with van der Waals surface area (Å²) in [4.78, 5) is 0. The van der Waals surface area contributed by atoms with Crippen LogP contribution >= 0.6 is 0 Å². The average molecular weight is 239 g/mol. The third-order valence-electron chi connectivity index (χ3n) is 4.91. The van der Waals surface area contributed by atoms with E-state index in [1.54, 1.807) is 0 Å². The van der Waals surface area contributed by atoms with E-state index in [9.17, 15) is 0 Å². The van der Waals surface area contributed by atoms with Crippen molar-refractivity contribution in [3.05, 3.63) is 0 Å². The van der Waals surface area contributed by atoms with Crippen LogP contribution in [0.4, 0.5) is 0 Å². The molecule has 1 rings (SSSR count). The van der Waals surface area contributed by atoms with Gasteiger partial charge in [0.15, 0.2) is 0 Å². The largest absolute Gasteiger partial charge is 0.311 e. The van der Waals surface area contributed by atoms with Crippen molar-refractivity contribution in [2.24, 2.45) is 17.8 Å². The minimum Gasteiger partial charge on any atom is -0.311 e. The predicted octanol–water partition coefficient (Wildman–Crippen LogP) is 4.62. The van der Waals surface area contributed by atoms with E-state index in [0.717, 1.165) is 23.8 Å². The Morgan fingerprint density at radius 2 is 1.71 bits per heavy atom. The Balaban J connectivity index is 2.40. The first kappa shape index (κ1) is 15.0. The van der Waals surface area contributed by atoms with Crippen LogP contribution in [0, 0.1) is 17.8 Å². The molecule has 3 unspecified atom stereocenters. The molecule has 102 valence electrons. The second-order valence-corrected chi connectivity index (χ2v) is 6.40. The van der Waals surface area contributed by atoms with Gasteiger partial charge in [-0.15, -0.1) is 0 Å². The summed E-state index contributed by atoms with van der Waals surface area (Å²) < 4.78 is 0. The van der Waals surface area contributed by atoms with Gasteiger partial charge < -0.3 is 5.32 Å². The molecule has 0 spiro atoms. The molecule has 0 aromatic heterocycles. The maximum absolute atomic E-state index is 3.91. The predicted molar refractivity (Wildman–Crippen MR) is 77.3 cm³/mol. The lowest BCUT2D eigenvalue weighted by molar-refractivity contribution is 0.206. The normalized spacial score (nSPS) is 27.7. The van der Waals surface area contributed by atoms with Gasteiger partial charge in [0.05, 0.1) is 0 Å². The molecule has 1 fully saturated rings. The highest BCUT2D eigenvalue weighted by atomic mass is 15.0. The average Bonchev–Trinajstić information content (AvgIpc) is 2.30. The van der Waals surface area contributed by atoms with Crippen LogP contribution in [-0.2, 0) is 0 Å². The fourth-order valence-electron chi connectivity index (χ4n) is 3.49. The van der Waals surface area contributed by atoms with Crippen LogP contribution in [0.3, 0.4) is 0 Å². The molecule has 0 amide bonds. The summed E-state index contributed by atoms with van der Waals surface area (Å²) in [5, 5.41) is 3.91. The molecule has 0 radical (unpaired) electrons. The van der Waals surface area contributed by atoms with Crippen molar-refractivity contribution in [3.63, 3.8) is 0 Å². The molecule has 1 heteroatoms. The molecule has 3 atom stereocenters. The summed E-state index contributed by atoms with van der Waals surface area (Å²) in [6.45, 7) is 11.8. The van der Waals surface area contributed by atoms with Crippen LogP contribution in [0.1, 0.15) is 73.1 Å². The van der Waals surface area contributed by atoms with Gasteiger partial charge in [0.25, 0.3) is 0 Å². The van der Waals surface area contributed by atoms with E-state index < -0.39 is 0 Å². The molecule has 1 nitrogen and oxygen atoms in total. The zero-order valence-electron chi connectivity index (χ0n) is 12.6. The zero-order valence-corrected chi connectivity index (χ0v) is 12.6. The van der Waals surface area contributed by atoms with E-state index >= 15 is 0 Å². The van der Waals surface area contributed by atoms with Gasteiger partial charge >= 0.3 is 0 Å². The molecule has 0 heterocycles. The van der Waals surface area contributed by atoms with Gasteiger partial charge in [-0.1, -0.05) is 53.4 Å². The third kappa shape index (κ3) is 4.62. The standard InChI is InChI=1S/C16H33N/c1-6-14(7-2)13(5)17-16-10-8-9-15(11-16)12(3)4/h12-17H,6-11H2,1-5H3. The minimum absolute atomic E-state index is 0.695. The first-order valence-electron chi connectivity index (χ1n) is 7.84. The van der Waals surface area contributed by atoms with Crippen molar-refractivity contribution in [3.8, 4) is 0 Å². The summed E-state index contributed by atoms with van der Waals surface area (Å²) in [5.41, 5.74) is 0. The van der Waals surface area contributed by atoms with Gasteiger partial charge in [0, 0.05) is 12.1 Å². The highest BCUT2D eigenvalue weighted by Crippen LogP contribution is 2.30. The maximum Gasteiger partial charge on any atom is 0.00723 e. The minimum atomic E-state index is 0.695. The first-order chi connectivity index (χ1) is 8.08. The van der Waals surface area contributed by atoms with E-state index in [1.165, 1.54) is 38.5 Å². The van der Waals surface area contributed by atoms with Crippen molar-refractivity contribution in [2.75, 3.05) is 0 Å². The van der Waals surface area contributed by atoms with Crippen LogP contribution in [0.2, 0.25) is 0 Å². The summed E-state index contributed by atoms with van der Waals surface area (Å²) in [6.07, 6.45) is 8.30. The van der Waals surface area contributed by atoms with Gasteiger partial charge in [0.1, 0.15) is 0 Å². The third-order valence-corrected chi connectivity index (χ3v) is 4.91. The van der Waals surface area contributed by atoms with E-state index in [1.807, 2.05) is 0 Å². The fraction of sp³-hybridized carbons (Fsp3) is 1.00. The van der Waals surface area contributed by atoms with Gasteiger partial charge in [-0.3, -0.25) is 0 Å². The van der Waals surface area contributed by atoms with E-state index in [4.69, 9.17) is 0 Å². The van der Waals surface area contributed by atoms with Gasteiger partial charge in [0.2, 0.25) is 0 Å². The monoisotopic (exact) mass is 239 g/mol. The molecule has 0 saturated heterocycles. The molecule has 1 saturated carbocycles. The lowest BCUT2D eigenvalue weighted by atomic mass is 9.79. The van der Waals surface area contributed by atoms with Crippen LogP contribution in [0.15, 0.2) is 0 Å². The zero-order chi connectivity index (χ0) is 12.8. The molecule has 0 aromatic carbocycles. The first-order valence-corrected chi connectivity index (χ1v) is 7.84. The van der Waals surface area contributed by atoms with Gasteiger partial charge in [-0.05, 0) is 37.5 Å². The second-order valence-electron chi connectivity index (χ2n) is 6.40. The number of hydrogen-bond acceptors (Lipinski definition) is 1. The second kappa shape index (κ2) is 7.41. The van der Waals surface area contributed by atoms with Crippen LogP contribution in [0.25, 0.3) is 0 Å². The molecule has 1 aliphatic rings. The molecular formula is C16H33N. The molecule has 1 aliphatic carbocycles. The van der Waals surface area contributed by atoms with Gasteiger partial charge in [-0.2, -0.15) is 0 Å². The SMILES string of the molecule is CCC(CC)C(C)NC1CCCC(C(C)C)C1. The summed E-state index contributed by atoms with van der Waals surface area (Å²) in [5.74, 6) is 2.67. The Morgan fingerprint density at radius 3 is 2.24 bits per heavy atom. The van der Waals surface area contributed by atoms with Gasteiger partial charge in [-0.25, -0.2) is 0 Å². The molecule has 0 bridgehead atoms. The highest BCUT2D eigenvalue weighted by Gasteiger charge is 2.26. The van der Waals surface area contributed by atoms with Crippen molar-refractivity contribution in [1.82, 2.24) is 5.32 Å². The summed E-state index contributed by atoms with van der Waals surface area (Å²) in [7, 11) is 0. The maximum atomic E-state index is 3.91. The van der Waals surface area contributed by atoms with E-state index in [2.05, 4.69) is 39.9 Å². The van der Waals surface area contributed by atoms with E-state index in [0.29, 0.717) is 6.04 Å².